The molecule has 0 saturated carbocycles. The maximum Gasteiger partial charge on any atom is 0.261 e. The van der Waals surface area contributed by atoms with Crippen molar-refractivity contribution in [3.05, 3.63) is 65.2 Å². The molecule has 0 fully saturated rings. The summed E-state index contributed by atoms with van der Waals surface area (Å²) in [6.45, 7) is 4.05. The van der Waals surface area contributed by atoms with E-state index in [9.17, 15) is 9.59 Å². The van der Waals surface area contributed by atoms with Crippen LogP contribution in [-0.4, -0.2) is 18.9 Å². The first-order valence-electron chi connectivity index (χ1n) is 8.76. The first kappa shape index (κ1) is 17.2. The predicted octanol–water partition coefficient (Wildman–Crippen LogP) is 3.52. The third-order valence-corrected chi connectivity index (χ3v) is 4.83. The summed E-state index contributed by atoms with van der Waals surface area (Å²) >= 11 is 0. The van der Waals surface area contributed by atoms with E-state index in [0.717, 1.165) is 35.2 Å². The number of carbonyl (C=O) groups is 2. The highest BCUT2D eigenvalue weighted by molar-refractivity contribution is 6.11. The van der Waals surface area contributed by atoms with Gasteiger partial charge in [0.05, 0.1) is 0 Å². The highest BCUT2D eigenvalue weighted by Gasteiger charge is 2.52. The average molecular weight is 336 g/mol. The summed E-state index contributed by atoms with van der Waals surface area (Å²) in [6.07, 6.45) is 2.17. The molecule has 0 radical (unpaired) electrons. The summed E-state index contributed by atoms with van der Waals surface area (Å²) in [6, 6.07) is 15.5. The molecule has 1 N–H and O–H groups in total. The van der Waals surface area contributed by atoms with Gasteiger partial charge in [-0.25, -0.2) is 0 Å². The monoisotopic (exact) mass is 336 g/mol. The number of unbranched alkanes of at least 4 members (excludes halogenated alkanes) is 1. The van der Waals surface area contributed by atoms with Crippen molar-refractivity contribution in [1.29, 1.82) is 0 Å². The maximum atomic E-state index is 13.3. The molecule has 2 amide bonds. The van der Waals surface area contributed by atoms with Crippen LogP contribution in [0, 0.1) is 6.92 Å². The number of anilines is 1. The van der Waals surface area contributed by atoms with Crippen LogP contribution in [0.25, 0.3) is 0 Å². The number of nitrogens with one attached hydrogen (secondary N) is 1. The van der Waals surface area contributed by atoms with Crippen molar-refractivity contribution in [1.82, 2.24) is 5.32 Å². The van der Waals surface area contributed by atoms with Crippen molar-refractivity contribution >= 4 is 17.5 Å². The summed E-state index contributed by atoms with van der Waals surface area (Å²) in [5, 5.41) is 3.08. The molecule has 130 valence electrons. The molecule has 2 aromatic carbocycles. The zero-order valence-corrected chi connectivity index (χ0v) is 15.0. The number of likely N-dealkylation sites (N-methyl/N-ethyl adjacent to an activating group) is 1. The van der Waals surface area contributed by atoms with Gasteiger partial charge in [-0.2, -0.15) is 0 Å². The lowest BCUT2D eigenvalue weighted by atomic mass is 9.83. The number of carbonyl (C=O) groups excluding carboxylic acids is 2. The summed E-state index contributed by atoms with van der Waals surface area (Å²) < 4.78 is 0. The number of hydrogen-bond acceptors (Lipinski definition) is 2. The van der Waals surface area contributed by atoms with E-state index in [0.29, 0.717) is 6.42 Å². The van der Waals surface area contributed by atoms with E-state index < -0.39 is 5.54 Å². The molecule has 1 unspecified atom stereocenters. The smallest absolute Gasteiger partial charge is 0.261 e. The molecule has 1 aliphatic heterocycles. The topological polar surface area (TPSA) is 49.4 Å². The van der Waals surface area contributed by atoms with Crippen LogP contribution in [0.1, 0.15) is 42.9 Å². The largest absolute Gasteiger partial charge is 0.334 e. The Morgan fingerprint density at radius 1 is 1.16 bits per heavy atom. The Morgan fingerprint density at radius 3 is 2.56 bits per heavy atom. The molecule has 1 aliphatic rings. The average Bonchev–Trinajstić information content (AvgIpc) is 2.83. The number of amides is 2. The van der Waals surface area contributed by atoms with Gasteiger partial charge in [0, 0.05) is 24.7 Å². The maximum absolute atomic E-state index is 13.3. The SMILES string of the molecule is CCCCC(=O)NC1(c2ccccc2)C(=O)N(C)c2ccc(C)cc21. The van der Waals surface area contributed by atoms with Crippen molar-refractivity contribution in [2.24, 2.45) is 0 Å². The number of rotatable bonds is 5. The zero-order valence-electron chi connectivity index (χ0n) is 15.0. The Bertz CT molecular complexity index is 801. The van der Waals surface area contributed by atoms with Crippen LogP contribution in [0.15, 0.2) is 48.5 Å². The summed E-state index contributed by atoms with van der Waals surface area (Å²) in [5.74, 6) is -0.217. The lowest BCUT2D eigenvalue weighted by Gasteiger charge is -2.30. The molecular weight excluding hydrogens is 312 g/mol. The van der Waals surface area contributed by atoms with Gasteiger partial charge in [-0.3, -0.25) is 9.59 Å². The Labute approximate surface area is 148 Å². The van der Waals surface area contributed by atoms with Gasteiger partial charge in [0.2, 0.25) is 5.91 Å². The number of nitrogens with zero attached hydrogens (tertiary/aromatic N) is 1. The number of benzene rings is 2. The Morgan fingerprint density at radius 2 is 1.88 bits per heavy atom. The molecule has 0 bridgehead atoms. The van der Waals surface area contributed by atoms with Crippen LogP contribution < -0.4 is 10.2 Å². The fraction of sp³-hybridized carbons (Fsp3) is 0.333. The number of hydrogen-bond donors (Lipinski definition) is 1. The van der Waals surface area contributed by atoms with Crippen molar-refractivity contribution < 1.29 is 9.59 Å². The second-order valence-corrected chi connectivity index (χ2v) is 6.65. The Kier molecular flexibility index (Phi) is 4.62. The van der Waals surface area contributed by atoms with E-state index >= 15 is 0 Å². The minimum Gasteiger partial charge on any atom is -0.334 e. The third kappa shape index (κ3) is 2.82. The summed E-state index contributed by atoms with van der Waals surface area (Å²) in [5.41, 5.74) is 2.39. The van der Waals surface area contributed by atoms with Crippen LogP contribution in [-0.2, 0) is 15.1 Å². The molecule has 25 heavy (non-hydrogen) atoms. The second-order valence-electron chi connectivity index (χ2n) is 6.65. The van der Waals surface area contributed by atoms with E-state index in [1.165, 1.54) is 0 Å². The molecule has 3 rings (SSSR count). The summed E-state index contributed by atoms with van der Waals surface area (Å²) in [4.78, 5) is 27.6. The summed E-state index contributed by atoms with van der Waals surface area (Å²) in [7, 11) is 1.76. The van der Waals surface area contributed by atoms with Crippen LogP contribution in [0.3, 0.4) is 0 Å². The fourth-order valence-corrected chi connectivity index (χ4v) is 3.49. The van der Waals surface area contributed by atoms with Gasteiger partial charge >= 0.3 is 0 Å². The molecule has 0 saturated heterocycles. The van der Waals surface area contributed by atoms with Crippen molar-refractivity contribution in [3.8, 4) is 0 Å². The standard InChI is InChI=1S/C21H24N2O2/c1-4-5-11-19(24)22-21(16-9-7-6-8-10-16)17-14-15(2)12-13-18(17)23(3)20(21)25/h6-10,12-14H,4-5,11H2,1-3H3,(H,22,24). The molecule has 1 atom stereocenters. The minimum atomic E-state index is -1.15. The lowest BCUT2D eigenvalue weighted by Crippen LogP contribution is -2.53. The lowest BCUT2D eigenvalue weighted by molar-refractivity contribution is -0.130. The van der Waals surface area contributed by atoms with Crippen LogP contribution in [0.4, 0.5) is 5.69 Å². The first-order valence-corrected chi connectivity index (χ1v) is 8.76. The highest BCUT2D eigenvalue weighted by Crippen LogP contribution is 2.44. The van der Waals surface area contributed by atoms with E-state index in [4.69, 9.17) is 0 Å². The molecule has 0 aromatic heterocycles. The molecule has 1 heterocycles. The second kappa shape index (κ2) is 6.71. The van der Waals surface area contributed by atoms with E-state index in [1.807, 2.05) is 62.4 Å². The van der Waals surface area contributed by atoms with Crippen LogP contribution in [0.5, 0.6) is 0 Å². The normalized spacial score (nSPS) is 19.0. The molecule has 0 spiro atoms. The van der Waals surface area contributed by atoms with Gasteiger partial charge < -0.3 is 10.2 Å². The quantitative estimate of drug-likeness (QED) is 0.908. The van der Waals surface area contributed by atoms with E-state index in [2.05, 4.69) is 5.32 Å². The number of fused-ring (bicyclic) bond motifs is 1. The van der Waals surface area contributed by atoms with Crippen LogP contribution in [0.2, 0.25) is 0 Å². The minimum absolute atomic E-state index is 0.0955. The van der Waals surface area contributed by atoms with E-state index in [1.54, 1.807) is 11.9 Å². The highest BCUT2D eigenvalue weighted by atomic mass is 16.2. The zero-order chi connectivity index (χ0) is 18.0. The van der Waals surface area contributed by atoms with Gasteiger partial charge in [-0.1, -0.05) is 61.4 Å². The van der Waals surface area contributed by atoms with Gasteiger partial charge in [-0.05, 0) is 25.0 Å². The van der Waals surface area contributed by atoms with Crippen molar-refractivity contribution in [3.63, 3.8) is 0 Å². The van der Waals surface area contributed by atoms with Gasteiger partial charge in [0.1, 0.15) is 0 Å². The Hall–Kier alpha value is -2.62. The van der Waals surface area contributed by atoms with E-state index in [-0.39, 0.29) is 11.8 Å². The predicted molar refractivity (Wildman–Crippen MR) is 99.5 cm³/mol. The van der Waals surface area contributed by atoms with Gasteiger partial charge in [0.15, 0.2) is 5.54 Å². The Balaban J connectivity index is 2.17. The van der Waals surface area contributed by atoms with Gasteiger partial charge in [0.25, 0.3) is 5.91 Å². The first-order chi connectivity index (χ1) is 12.0. The van der Waals surface area contributed by atoms with Crippen molar-refractivity contribution in [2.45, 2.75) is 38.6 Å². The van der Waals surface area contributed by atoms with Crippen molar-refractivity contribution in [2.75, 3.05) is 11.9 Å². The number of aryl methyl sites for hydroxylation is 1. The third-order valence-electron chi connectivity index (χ3n) is 4.83. The molecule has 4 nitrogen and oxygen atoms in total. The fourth-order valence-electron chi connectivity index (χ4n) is 3.49. The molecule has 4 heteroatoms. The molecule has 0 aliphatic carbocycles. The molecule has 2 aromatic rings. The van der Waals surface area contributed by atoms with Crippen LogP contribution >= 0.6 is 0 Å². The van der Waals surface area contributed by atoms with Gasteiger partial charge in [-0.15, -0.1) is 0 Å². The molecular formula is C21H24N2O2.